The van der Waals surface area contributed by atoms with Gasteiger partial charge in [0.15, 0.2) is 0 Å². The second-order valence-electron chi connectivity index (χ2n) is 7.12. The molecule has 1 aromatic rings. The third-order valence-corrected chi connectivity index (χ3v) is 5.38. The molecule has 2 N–H and O–H groups in total. The molecule has 0 radical (unpaired) electrons. The Morgan fingerprint density at radius 1 is 1.08 bits per heavy atom. The Hall–Kier alpha value is -2.45. The van der Waals surface area contributed by atoms with Crippen molar-refractivity contribution in [3.05, 3.63) is 29.8 Å². The van der Waals surface area contributed by atoms with Crippen LogP contribution in [0.3, 0.4) is 0 Å². The highest BCUT2D eigenvalue weighted by atomic mass is 16.3. The average Bonchev–Trinajstić information content (AvgIpc) is 2.97. The molecule has 3 aliphatic rings. The van der Waals surface area contributed by atoms with Gasteiger partial charge in [0.2, 0.25) is 5.91 Å². The van der Waals surface area contributed by atoms with E-state index in [0.717, 1.165) is 25.9 Å². The van der Waals surface area contributed by atoms with Crippen molar-refractivity contribution < 1.29 is 19.5 Å². The number of urea groups is 1. The van der Waals surface area contributed by atoms with E-state index in [0.29, 0.717) is 30.4 Å². The molecule has 3 aliphatic heterocycles. The van der Waals surface area contributed by atoms with Crippen LogP contribution < -0.4 is 10.2 Å². The first-order valence-electron chi connectivity index (χ1n) is 8.94. The van der Waals surface area contributed by atoms with Gasteiger partial charge in [-0.05, 0) is 37.1 Å². The molecule has 3 heterocycles. The minimum absolute atomic E-state index is 0.00480. The van der Waals surface area contributed by atoms with E-state index in [4.69, 9.17) is 0 Å². The summed E-state index contributed by atoms with van der Waals surface area (Å²) in [5.41, 5.74) is 1.18. The van der Waals surface area contributed by atoms with Crippen LogP contribution in [0.5, 0.6) is 0 Å². The lowest BCUT2D eigenvalue weighted by molar-refractivity contribution is -0.117. The van der Waals surface area contributed by atoms with Crippen molar-refractivity contribution in [1.29, 1.82) is 0 Å². The molecule has 4 rings (SSSR count). The number of aliphatic hydroxyl groups excluding tert-OH is 1. The summed E-state index contributed by atoms with van der Waals surface area (Å²) in [6.45, 7) is 2.91. The molecule has 0 spiro atoms. The number of hydrogen-bond acceptors (Lipinski definition) is 5. The summed E-state index contributed by atoms with van der Waals surface area (Å²) in [6, 6.07) is 6.81. The highest BCUT2D eigenvalue weighted by Gasteiger charge is 2.34. The van der Waals surface area contributed by atoms with Gasteiger partial charge < -0.3 is 10.0 Å². The van der Waals surface area contributed by atoms with Crippen molar-refractivity contribution in [1.82, 2.24) is 15.1 Å². The standard InChI is InChI=1S/C18H22N4O4/c23-15-9-21(10-15)13-5-7-20(8-6-13)17(25)12-1-3-14(4-2-12)22-11-16(24)19-18(22)26/h1-4,13,15,23H,5-11H2,(H,19,24,26). The Bertz CT molecular complexity index is 721. The van der Waals surface area contributed by atoms with Crippen LogP contribution in [0.2, 0.25) is 0 Å². The Labute approximate surface area is 151 Å². The summed E-state index contributed by atoms with van der Waals surface area (Å²) in [5, 5.41) is 11.6. The summed E-state index contributed by atoms with van der Waals surface area (Å²) in [5.74, 6) is -0.340. The van der Waals surface area contributed by atoms with E-state index in [2.05, 4.69) is 10.2 Å². The number of nitrogens with zero attached hydrogens (tertiary/aromatic N) is 3. The fourth-order valence-electron chi connectivity index (χ4n) is 3.84. The van der Waals surface area contributed by atoms with Gasteiger partial charge in [0.05, 0.1) is 6.10 Å². The third kappa shape index (κ3) is 3.17. The molecular weight excluding hydrogens is 336 g/mol. The van der Waals surface area contributed by atoms with E-state index in [1.165, 1.54) is 4.90 Å². The van der Waals surface area contributed by atoms with Crippen LogP contribution in [0.15, 0.2) is 24.3 Å². The minimum atomic E-state index is -0.438. The zero-order chi connectivity index (χ0) is 18.3. The molecule has 0 saturated carbocycles. The van der Waals surface area contributed by atoms with Gasteiger partial charge in [-0.3, -0.25) is 24.7 Å². The first-order valence-corrected chi connectivity index (χ1v) is 8.94. The molecule has 0 aliphatic carbocycles. The summed E-state index contributed by atoms with van der Waals surface area (Å²) in [7, 11) is 0. The minimum Gasteiger partial charge on any atom is -0.390 e. The van der Waals surface area contributed by atoms with Gasteiger partial charge in [-0.1, -0.05) is 0 Å². The van der Waals surface area contributed by atoms with Gasteiger partial charge in [0.1, 0.15) is 6.54 Å². The molecule has 8 heteroatoms. The van der Waals surface area contributed by atoms with Crippen LogP contribution >= 0.6 is 0 Å². The van der Waals surface area contributed by atoms with E-state index in [-0.39, 0.29) is 24.5 Å². The second kappa shape index (κ2) is 6.69. The summed E-state index contributed by atoms with van der Waals surface area (Å²) < 4.78 is 0. The van der Waals surface area contributed by atoms with Crippen LogP contribution in [0.1, 0.15) is 23.2 Å². The monoisotopic (exact) mass is 358 g/mol. The Morgan fingerprint density at radius 2 is 1.73 bits per heavy atom. The van der Waals surface area contributed by atoms with Crippen molar-refractivity contribution in [2.24, 2.45) is 0 Å². The lowest BCUT2D eigenvalue weighted by Gasteiger charge is -2.45. The lowest BCUT2D eigenvalue weighted by atomic mass is 9.98. The third-order valence-electron chi connectivity index (χ3n) is 5.38. The number of likely N-dealkylation sites (tertiary alicyclic amines) is 2. The zero-order valence-electron chi connectivity index (χ0n) is 14.4. The number of carbonyl (C=O) groups excluding carboxylic acids is 3. The van der Waals surface area contributed by atoms with Gasteiger partial charge in [0.25, 0.3) is 5.91 Å². The SMILES string of the molecule is O=C1CN(c2ccc(C(=O)N3CCC(N4CC(O)C4)CC3)cc2)C(=O)N1. The maximum Gasteiger partial charge on any atom is 0.329 e. The van der Waals surface area contributed by atoms with E-state index >= 15 is 0 Å². The number of aliphatic hydroxyl groups is 1. The maximum absolute atomic E-state index is 12.7. The molecule has 0 atom stereocenters. The van der Waals surface area contributed by atoms with Crippen LogP contribution in [0.4, 0.5) is 10.5 Å². The largest absolute Gasteiger partial charge is 0.390 e. The number of β-amino-alcohol motifs (C(OH)–C–C–N with tert-alkyl or cyclic N) is 1. The average molecular weight is 358 g/mol. The number of carbonyl (C=O) groups is 3. The predicted molar refractivity (Wildman–Crippen MR) is 93.8 cm³/mol. The highest BCUT2D eigenvalue weighted by Crippen LogP contribution is 2.24. The molecule has 138 valence electrons. The Kier molecular flexibility index (Phi) is 4.37. The number of amides is 4. The van der Waals surface area contributed by atoms with Crippen molar-refractivity contribution in [2.75, 3.05) is 37.6 Å². The van der Waals surface area contributed by atoms with E-state index in [9.17, 15) is 19.5 Å². The number of anilines is 1. The summed E-state index contributed by atoms with van der Waals surface area (Å²) in [6.07, 6.45) is 1.65. The molecule has 3 saturated heterocycles. The highest BCUT2D eigenvalue weighted by molar-refractivity contribution is 6.12. The molecule has 0 bridgehead atoms. The normalized spacial score (nSPS) is 22.5. The molecule has 0 unspecified atom stereocenters. The summed E-state index contributed by atoms with van der Waals surface area (Å²) in [4.78, 5) is 41.1. The first-order chi connectivity index (χ1) is 12.5. The number of imide groups is 1. The molecular formula is C18H22N4O4. The smallest absolute Gasteiger partial charge is 0.329 e. The lowest BCUT2D eigenvalue weighted by Crippen LogP contribution is -2.58. The van der Waals surface area contributed by atoms with Crippen LogP contribution in [-0.2, 0) is 4.79 Å². The quantitative estimate of drug-likeness (QED) is 0.744. The number of nitrogens with one attached hydrogen (secondary N) is 1. The van der Waals surface area contributed by atoms with Crippen molar-refractivity contribution in [3.63, 3.8) is 0 Å². The van der Waals surface area contributed by atoms with Crippen molar-refractivity contribution >= 4 is 23.5 Å². The topological polar surface area (TPSA) is 93.2 Å². The molecule has 3 fully saturated rings. The van der Waals surface area contributed by atoms with E-state index in [1.54, 1.807) is 24.3 Å². The van der Waals surface area contributed by atoms with Gasteiger partial charge in [0, 0.05) is 43.5 Å². The van der Waals surface area contributed by atoms with Crippen molar-refractivity contribution in [3.8, 4) is 0 Å². The maximum atomic E-state index is 12.7. The molecule has 1 aromatic carbocycles. The molecule has 4 amide bonds. The van der Waals surface area contributed by atoms with Crippen LogP contribution in [0.25, 0.3) is 0 Å². The number of benzene rings is 1. The van der Waals surface area contributed by atoms with E-state index < -0.39 is 6.03 Å². The van der Waals surface area contributed by atoms with Gasteiger partial charge in [-0.2, -0.15) is 0 Å². The number of hydrogen-bond donors (Lipinski definition) is 2. The van der Waals surface area contributed by atoms with Gasteiger partial charge in [-0.15, -0.1) is 0 Å². The predicted octanol–water partition coefficient (Wildman–Crippen LogP) is 0.0239. The van der Waals surface area contributed by atoms with E-state index in [1.807, 2.05) is 4.90 Å². The molecule has 0 aromatic heterocycles. The fourth-order valence-corrected chi connectivity index (χ4v) is 3.84. The summed E-state index contributed by atoms with van der Waals surface area (Å²) >= 11 is 0. The Morgan fingerprint density at radius 3 is 2.27 bits per heavy atom. The van der Waals surface area contributed by atoms with Crippen LogP contribution in [0, 0.1) is 0 Å². The fraction of sp³-hybridized carbons (Fsp3) is 0.500. The van der Waals surface area contributed by atoms with Crippen molar-refractivity contribution in [2.45, 2.75) is 25.0 Å². The van der Waals surface area contributed by atoms with Gasteiger partial charge in [-0.25, -0.2) is 4.79 Å². The van der Waals surface area contributed by atoms with Gasteiger partial charge >= 0.3 is 6.03 Å². The Balaban J connectivity index is 1.35. The number of rotatable bonds is 3. The molecule has 26 heavy (non-hydrogen) atoms. The molecule has 8 nitrogen and oxygen atoms in total. The number of piperidine rings is 1. The first kappa shape index (κ1) is 17.0. The second-order valence-corrected chi connectivity index (χ2v) is 7.12. The van der Waals surface area contributed by atoms with Crippen LogP contribution in [-0.4, -0.2) is 77.6 Å². The zero-order valence-corrected chi connectivity index (χ0v) is 14.4.